The molecule has 0 unspecified atom stereocenters. The molecule has 8 heteroatoms. The molecule has 5 fully saturated rings. The number of phenols is 1. The van der Waals surface area contributed by atoms with E-state index in [4.69, 9.17) is 8.92 Å². The summed E-state index contributed by atoms with van der Waals surface area (Å²) in [7, 11) is -4.92. The molecule has 0 amide bonds. The number of fused-ring (bicyclic) bond motifs is 10. The van der Waals surface area contributed by atoms with Gasteiger partial charge in [0.2, 0.25) is 0 Å². The van der Waals surface area contributed by atoms with Crippen LogP contribution in [0, 0.1) is 45.3 Å². The second-order valence-corrected chi connectivity index (χ2v) is 18.7. The molecule has 1 saturated heterocycles. The average Bonchev–Trinajstić information content (AvgIpc) is 3.15. The van der Waals surface area contributed by atoms with Crippen molar-refractivity contribution < 1.29 is 56.6 Å². The first-order valence-corrected chi connectivity index (χ1v) is 18.4. The third-order valence-electron chi connectivity index (χ3n) is 15.3. The van der Waals surface area contributed by atoms with Gasteiger partial charge in [0.15, 0.2) is 0 Å². The van der Waals surface area contributed by atoms with Gasteiger partial charge in [0.1, 0.15) is 11.5 Å². The van der Waals surface area contributed by atoms with Crippen molar-refractivity contribution in [2.75, 3.05) is 0 Å². The van der Waals surface area contributed by atoms with Gasteiger partial charge >= 0.3 is 29.6 Å². The predicted octanol–water partition coefficient (Wildman–Crippen LogP) is 5.06. The summed E-state index contributed by atoms with van der Waals surface area (Å²) in [5.74, 6) is 2.28. The van der Waals surface area contributed by atoms with Crippen LogP contribution in [-0.2, 0) is 27.0 Å². The summed E-state index contributed by atoms with van der Waals surface area (Å²) in [4.78, 5) is 0. The monoisotopic (exact) mass is 636 g/mol. The van der Waals surface area contributed by atoms with E-state index in [1.54, 1.807) is 0 Å². The molecule has 1 heterocycles. The van der Waals surface area contributed by atoms with E-state index in [2.05, 4.69) is 48.5 Å². The van der Waals surface area contributed by atoms with Crippen LogP contribution in [-0.4, -0.2) is 29.8 Å². The summed E-state index contributed by atoms with van der Waals surface area (Å²) in [6.07, 6.45) is 13.8. The normalized spacial score (nSPS) is 47.3. The van der Waals surface area contributed by atoms with Crippen LogP contribution in [0.1, 0.15) is 130 Å². The van der Waals surface area contributed by atoms with E-state index in [0.717, 1.165) is 36.8 Å². The van der Waals surface area contributed by atoms with Crippen LogP contribution in [0.5, 0.6) is 11.5 Å². The number of benzene rings is 1. The maximum atomic E-state index is 11.7. The number of aromatic hydroxyl groups is 1. The van der Waals surface area contributed by atoms with Crippen LogP contribution in [0.15, 0.2) is 12.1 Å². The molecule has 0 bridgehead atoms. The van der Waals surface area contributed by atoms with Crippen LogP contribution in [0.2, 0.25) is 0 Å². The van der Waals surface area contributed by atoms with Crippen molar-refractivity contribution in [3.05, 3.63) is 23.3 Å². The fourth-order valence-corrected chi connectivity index (χ4v) is 14.0. The van der Waals surface area contributed by atoms with E-state index >= 15 is 0 Å². The molecule has 6 nitrogen and oxygen atoms in total. The largest absolute Gasteiger partial charge is 1.00 e. The van der Waals surface area contributed by atoms with E-state index in [-0.39, 0.29) is 74.2 Å². The maximum Gasteiger partial charge on any atom is 1.00 e. The number of phenolic OH excluding ortho intramolecular Hbond substituents is 1. The van der Waals surface area contributed by atoms with Crippen molar-refractivity contribution in [3.8, 4) is 11.5 Å². The molecule has 0 spiro atoms. The second kappa shape index (κ2) is 10.3. The van der Waals surface area contributed by atoms with Crippen molar-refractivity contribution in [3.63, 3.8) is 0 Å². The van der Waals surface area contributed by atoms with E-state index in [9.17, 15) is 18.1 Å². The molecule has 1 aromatic rings. The Morgan fingerprint density at radius 3 is 2.09 bits per heavy atom. The minimum Gasteiger partial charge on any atom is -0.716 e. The molecule has 10 atom stereocenters. The minimum atomic E-state index is -4.92. The summed E-state index contributed by atoms with van der Waals surface area (Å²) in [5.41, 5.74) is 1.84. The third-order valence-corrected chi connectivity index (χ3v) is 15.7. The first kappa shape index (κ1) is 33.6. The average molecular weight is 637 g/mol. The molecule has 0 aromatic heterocycles. The van der Waals surface area contributed by atoms with E-state index in [1.165, 1.54) is 57.1 Å². The van der Waals surface area contributed by atoms with Gasteiger partial charge in [0, 0.05) is 16.5 Å². The van der Waals surface area contributed by atoms with Crippen LogP contribution in [0.4, 0.5) is 0 Å². The zero-order chi connectivity index (χ0) is 31.0. The van der Waals surface area contributed by atoms with Crippen molar-refractivity contribution >= 4 is 10.4 Å². The van der Waals surface area contributed by atoms with Crippen LogP contribution < -0.4 is 33.7 Å². The number of hydrogen-bond donors (Lipinski definition) is 1. The Hall–Kier alpha value is -0.310. The summed E-state index contributed by atoms with van der Waals surface area (Å²) in [6.45, 7) is 17.3. The Morgan fingerprint density at radius 2 is 1.39 bits per heavy atom. The Labute approximate surface area is 288 Å². The molecule has 44 heavy (non-hydrogen) atoms. The molecular weight excluding hydrogens is 583 g/mol. The van der Waals surface area contributed by atoms with E-state index in [0.29, 0.717) is 35.7 Å². The summed E-state index contributed by atoms with van der Waals surface area (Å²) in [6, 6.07) is 2.96. The van der Waals surface area contributed by atoms with Gasteiger partial charge in [-0.1, -0.05) is 48.0 Å². The van der Waals surface area contributed by atoms with Gasteiger partial charge < -0.3 is 18.6 Å². The summed E-state index contributed by atoms with van der Waals surface area (Å²) >= 11 is 0. The Bertz CT molecular complexity index is 1440. The summed E-state index contributed by atoms with van der Waals surface area (Å²) < 4.78 is 47.5. The van der Waals surface area contributed by atoms with Crippen LogP contribution in [0.25, 0.3) is 0 Å². The molecule has 6 aliphatic rings. The molecule has 1 aromatic carbocycles. The van der Waals surface area contributed by atoms with Gasteiger partial charge in [0.05, 0.1) is 11.7 Å². The number of hydrogen-bond acceptors (Lipinski definition) is 6. The van der Waals surface area contributed by atoms with E-state index in [1.807, 2.05) is 0 Å². The van der Waals surface area contributed by atoms with Crippen molar-refractivity contribution in [1.29, 1.82) is 0 Å². The minimum absolute atomic E-state index is 0. The molecule has 1 N–H and O–H groups in total. The molecule has 240 valence electrons. The predicted molar refractivity (Wildman–Crippen MR) is 166 cm³/mol. The fraction of sp³-hybridized carbons (Fsp3) is 0.833. The maximum absolute atomic E-state index is 11.7. The third kappa shape index (κ3) is 4.59. The standard InChI is InChI=1S/C36H54O6S.Na/c1-31(2)15-8-16-36(7)25(31)11-18-34(5)27-12-17-33(4)26(32(27,3)20-14-29(34)41-36)13-19-35(6)28(33)21-22-23(37)9-10-24(30(22)35)42-43(38,39)40;/h9-10,25-29,37H,8,11-21H2,1-7H3,(H,38,39,40);/q;+1/p-1/t25-,26+,27+,28-,29-,32+,33+,34-,35-,36-;/m0./s1. The molecule has 4 saturated carbocycles. The number of rotatable bonds is 2. The first-order chi connectivity index (χ1) is 19.9. The van der Waals surface area contributed by atoms with Crippen LogP contribution >= 0.6 is 0 Å². The quantitative estimate of drug-likeness (QED) is 0.277. The smallest absolute Gasteiger partial charge is 0.716 e. The van der Waals surface area contributed by atoms with Crippen LogP contribution in [0.3, 0.4) is 0 Å². The zero-order valence-electron chi connectivity index (χ0n) is 28.4. The fourth-order valence-electron chi connectivity index (χ4n) is 13.6. The Balaban J connectivity index is 0.00000343. The van der Waals surface area contributed by atoms with Gasteiger partial charge in [-0.15, -0.1) is 0 Å². The van der Waals surface area contributed by atoms with Crippen molar-refractivity contribution in [2.24, 2.45) is 45.3 Å². The van der Waals surface area contributed by atoms with Gasteiger partial charge in [-0.05, 0) is 135 Å². The van der Waals surface area contributed by atoms with Gasteiger partial charge in [-0.3, -0.25) is 0 Å². The number of ether oxygens (including phenoxy) is 1. The Kier molecular flexibility index (Phi) is 7.90. The molecular formula is C36H53NaO6S. The first-order valence-electron chi connectivity index (χ1n) is 17.1. The van der Waals surface area contributed by atoms with Gasteiger partial charge in [0.25, 0.3) is 10.4 Å². The molecule has 7 rings (SSSR count). The van der Waals surface area contributed by atoms with E-state index < -0.39 is 10.4 Å². The SMILES string of the molecule is CC1(C)CCC[C@]2(C)O[C@H]3CC[C@@]4(C)[C@@H](CC[C@]5(C)[C@@H]4CC[C@]4(C)c6c(OS(=O)(=O)[O-])ccc(O)c6C[C@@H]54)[C@]3(C)CC[C@@H]12.[Na+]. The van der Waals surface area contributed by atoms with Gasteiger partial charge in [-0.25, -0.2) is 8.42 Å². The molecule has 1 aliphatic heterocycles. The van der Waals surface area contributed by atoms with Crippen molar-refractivity contribution in [2.45, 2.75) is 143 Å². The topological polar surface area (TPSA) is 95.9 Å². The zero-order valence-corrected chi connectivity index (χ0v) is 31.2. The molecule has 0 radical (unpaired) electrons. The molecule has 5 aliphatic carbocycles. The van der Waals surface area contributed by atoms with Gasteiger partial charge in [-0.2, -0.15) is 0 Å². The second-order valence-electron chi connectivity index (χ2n) is 17.7. The summed E-state index contributed by atoms with van der Waals surface area (Å²) in [5, 5.41) is 11.0. The Morgan fingerprint density at radius 1 is 0.795 bits per heavy atom. The van der Waals surface area contributed by atoms with Crippen molar-refractivity contribution in [1.82, 2.24) is 0 Å².